The maximum absolute atomic E-state index is 10.3. The molecule has 1 aromatic heterocycles. The lowest BCUT2D eigenvalue weighted by Gasteiger charge is -2.38. The van der Waals surface area contributed by atoms with Gasteiger partial charge in [0.15, 0.2) is 0 Å². The van der Waals surface area contributed by atoms with Crippen LogP contribution in [0.25, 0.3) is 21.8 Å². The van der Waals surface area contributed by atoms with Gasteiger partial charge in [0, 0.05) is 32.9 Å². The average molecular weight is 538 g/mol. The second kappa shape index (κ2) is 11.2. The molecule has 206 valence electrons. The number of aliphatic hydroxyl groups is 7. The van der Waals surface area contributed by atoms with Gasteiger partial charge in [-0.1, -0.05) is 30.6 Å². The molecule has 0 amide bonds. The lowest BCUT2D eigenvalue weighted by atomic mass is 9.94. The highest BCUT2D eigenvalue weighted by Gasteiger charge is 2.43. The third-order valence-electron chi connectivity index (χ3n) is 7.32. The molecule has 5 rings (SSSR count). The van der Waals surface area contributed by atoms with Crippen LogP contribution in [0.2, 0.25) is 0 Å². The number of benzene rings is 2. The zero-order valence-electron chi connectivity index (χ0n) is 21.1. The Morgan fingerprint density at radius 2 is 1.13 bits per heavy atom. The summed E-state index contributed by atoms with van der Waals surface area (Å²) in [5.74, 6) is 11.6. The predicted octanol–water partition coefficient (Wildman–Crippen LogP) is -0.873. The van der Waals surface area contributed by atoms with Crippen molar-refractivity contribution in [3.63, 3.8) is 0 Å². The molecule has 8 N–H and O–H groups in total. The van der Waals surface area contributed by atoms with Gasteiger partial charge in [-0.3, -0.25) is 0 Å². The molecular weight excluding hydrogens is 506 g/mol. The van der Waals surface area contributed by atoms with Crippen LogP contribution >= 0.6 is 0 Å². The van der Waals surface area contributed by atoms with E-state index >= 15 is 0 Å². The van der Waals surface area contributed by atoms with Gasteiger partial charge in [0.2, 0.25) is 0 Å². The van der Waals surface area contributed by atoms with Gasteiger partial charge in [-0.2, -0.15) is 0 Å². The Bertz CT molecular complexity index is 1350. The SMILES string of the molecule is CCC1OC(C#Cc2ccc3[nH]c4ccc(C#CC5OC(CO)C(O)C(O)C5O)cc4c3c2)C(O)C(O)C1O. The van der Waals surface area contributed by atoms with Crippen molar-refractivity contribution in [3.8, 4) is 23.7 Å². The minimum atomic E-state index is -1.49. The van der Waals surface area contributed by atoms with Crippen LogP contribution in [0.15, 0.2) is 36.4 Å². The Labute approximate surface area is 224 Å². The first-order valence-electron chi connectivity index (χ1n) is 12.8. The summed E-state index contributed by atoms with van der Waals surface area (Å²) in [6.07, 6.45) is -11.5. The zero-order valence-corrected chi connectivity index (χ0v) is 21.1. The lowest BCUT2D eigenvalue weighted by molar-refractivity contribution is -0.214. The minimum Gasteiger partial charge on any atom is -0.394 e. The third-order valence-corrected chi connectivity index (χ3v) is 7.32. The number of H-pyrrole nitrogens is 1. The number of fused-ring (bicyclic) bond motifs is 3. The van der Waals surface area contributed by atoms with Crippen molar-refractivity contribution in [2.24, 2.45) is 0 Å². The fourth-order valence-electron chi connectivity index (χ4n) is 4.99. The molecule has 39 heavy (non-hydrogen) atoms. The first kappa shape index (κ1) is 27.6. The van der Waals surface area contributed by atoms with Gasteiger partial charge < -0.3 is 50.2 Å². The van der Waals surface area contributed by atoms with Gasteiger partial charge in [-0.05, 0) is 42.8 Å². The fourth-order valence-corrected chi connectivity index (χ4v) is 4.99. The number of aromatic amines is 1. The van der Waals surface area contributed by atoms with Crippen LogP contribution in [0.1, 0.15) is 24.5 Å². The Morgan fingerprint density at radius 3 is 1.59 bits per heavy atom. The highest BCUT2D eigenvalue weighted by molar-refractivity contribution is 6.08. The van der Waals surface area contributed by atoms with E-state index in [9.17, 15) is 35.7 Å². The summed E-state index contributed by atoms with van der Waals surface area (Å²) in [7, 11) is 0. The summed E-state index contributed by atoms with van der Waals surface area (Å²) in [4.78, 5) is 3.33. The first-order valence-corrected chi connectivity index (χ1v) is 12.8. The van der Waals surface area contributed by atoms with Gasteiger partial charge in [0.1, 0.15) is 54.9 Å². The molecule has 3 aromatic rings. The lowest BCUT2D eigenvalue weighted by Crippen LogP contribution is -2.58. The van der Waals surface area contributed by atoms with E-state index in [-0.39, 0.29) is 0 Å². The van der Waals surface area contributed by atoms with Crippen LogP contribution in [0.3, 0.4) is 0 Å². The van der Waals surface area contributed by atoms with E-state index in [0.717, 1.165) is 21.8 Å². The molecule has 3 heterocycles. The summed E-state index contributed by atoms with van der Waals surface area (Å²) >= 11 is 0. The number of aromatic nitrogens is 1. The molecule has 0 radical (unpaired) electrons. The maximum Gasteiger partial charge on any atom is 0.147 e. The number of nitrogens with one attached hydrogen (secondary N) is 1. The zero-order chi connectivity index (χ0) is 27.8. The number of hydrogen-bond acceptors (Lipinski definition) is 9. The second-order valence-electron chi connectivity index (χ2n) is 9.91. The van der Waals surface area contributed by atoms with Crippen molar-refractivity contribution in [1.82, 2.24) is 4.98 Å². The Balaban J connectivity index is 1.42. The smallest absolute Gasteiger partial charge is 0.147 e. The minimum absolute atomic E-state index is 0.464. The quantitative estimate of drug-likeness (QED) is 0.193. The molecule has 10 atom stereocenters. The molecular formula is C29H31NO9. The molecule has 10 unspecified atom stereocenters. The van der Waals surface area contributed by atoms with E-state index in [0.29, 0.717) is 17.5 Å². The van der Waals surface area contributed by atoms with Gasteiger partial charge >= 0.3 is 0 Å². The number of ether oxygens (including phenoxy) is 2. The summed E-state index contributed by atoms with van der Waals surface area (Å²) in [6.45, 7) is 1.29. The predicted molar refractivity (Wildman–Crippen MR) is 140 cm³/mol. The van der Waals surface area contributed by atoms with Gasteiger partial charge in [-0.25, -0.2) is 0 Å². The summed E-state index contributed by atoms with van der Waals surface area (Å²) < 4.78 is 11.2. The van der Waals surface area contributed by atoms with Crippen LogP contribution < -0.4 is 0 Å². The van der Waals surface area contributed by atoms with Crippen LogP contribution in [0.5, 0.6) is 0 Å². The molecule has 2 fully saturated rings. The van der Waals surface area contributed by atoms with Crippen LogP contribution in [-0.4, -0.2) is 108 Å². The number of aliphatic hydroxyl groups excluding tert-OH is 7. The topological polar surface area (TPSA) is 176 Å². The molecule has 0 aliphatic carbocycles. The van der Waals surface area contributed by atoms with Gasteiger partial charge in [0.25, 0.3) is 0 Å². The van der Waals surface area contributed by atoms with Gasteiger partial charge in [0.05, 0.1) is 12.7 Å². The van der Waals surface area contributed by atoms with Crippen LogP contribution in [0.4, 0.5) is 0 Å². The fraction of sp³-hybridized carbons (Fsp3) is 0.448. The molecule has 2 aliphatic rings. The van der Waals surface area contributed by atoms with Crippen LogP contribution in [0, 0.1) is 23.7 Å². The van der Waals surface area contributed by atoms with E-state index in [1.54, 1.807) is 6.07 Å². The molecule has 0 spiro atoms. The molecule has 0 bridgehead atoms. The summed E-state index contributed by atoms with van der Waals surface area (Å²) in [5.41, 5.74) is 3.01. The van der Waals surface area contributed by atoms with E-state index in [1.807, 2.05) is 37.3 Å². The molecule has 10 heteroatoms. The Hall–Kier alpha value is -3.00. The van der Waals surface area contributed by atoms with Crippen molar-refractivity contribution >= 4 is 21.8 Å². The van der Waals surface area contributed by atoms with Gasteiger partial charge in [-0.15, -0.1) is 0 Å². The monoisotopic (exact) mass is 537 g/mol. The summed E-state index contributed by atoms with van der Waals surface area (Å²) in [6, 6.07) is 11.1. The maximum atomic E-state index is 10.3. The number of rotatable bonds is 2. The highest BCUT2D eigenvalue weighted by atomic mass is 16.5. The molecule has 10 nitrogen and oxygen atoms in total. The average Bonchev–Trinajstić information content (AvgIpc) is 3.31. The highest BCUT2D eigenvalue weighted by Crippen LogP contribution is 2.28. The summed E-state index contributed by atoms with van der Waals surface area (Å²) in [5, 5.41) is 71.8. The first-order chi connectivity index (χ1) is 18.7. The Kier molecular flexibility index (Phi) is 7.94. The van der Waals surface area contributed by atoms with Crippen molar-refractivity contribution in [2.75, 3.05) is 6.61 Å². The molecule has 0 saturated carbocycles. The molecule has 2 aliphatic heterocycles. The second-order valence-corrected chi connectivity index (χ2v) is 9.91. The van der Waals surface area contributed by atoms with E-state index in [4.69, 9.17) is 9.47 Å². The third kappa shape index (κ3) is 5.28. The van der Waals surface area contributed by atoms with Crippen molar-refractivity contribution in [2.45, 2.75) is 74.4 Å². The van der Waals surface area contributed by atoms with E-state index < -0.39 is 67.6 Å². The van der Waals surface area contributed by atoms with Crippen molar-refractivity contribution < 1.29 is 45.2 Å². The van der Waals surface area contributed by atoms with E-state index in [2.05, 4.69) is 28.7 Å². The van der Waals surface area contributed by atoms with E-state index in [1.165, 1.54) is 0 Å². The Morgan fingerprint density at radius 1 is 0.667 bits per heavy atom. The standard InChI is InChI=1S/C29H31NO9/c1-2-20-24(32)28(36)25(33)21(38-20)9-5-14-3-7-18-16(11-14)17-12-15(4-8-19(17)30-18)6-10-22-26(34)29(37)27(35)23(13-31)39-22/h3-4,7-8,11-12,20-37H,2,13H2,1H3. The molecule has 2 aromatic carbocycles. The molecule has 2 saturated heterocycles. The number of hydrogen-bond donors (Lipinski definition) is 8. The normalized spacial score (nSPS) is 34.8. The van der Waals surface area contributed by atoms with Crippen molar-refractivity contribution in [3.05, 3.63) is 47.5 Å². The largest absolute Gasteiger partial charge is 0.394 e. The van der Waals surface area contributed by atoms with Crippen LogP contribution in [-0.2, 0) is 9.47 Å². The van der Waals surface area contributed by atoms with Crippen molar-refractivity contribution in [1.29, 1.82) is 0 Å².